The van der Waals surface area contributed by atoms with Crippen LogP contribution in [0.2, 0.25) is 0 Å². The zero-order valence-electron chi connectivity index (χ0n) is 11.3. The summed E-state index contributed by atoms with van der Waals surface area (Å²) >= 11 is 0. The van der Waals surface area contributed by atoms with Crippen molar-refractivity contribution in [1.82, 2.24) is 9.78 Å². The van der Waals surface area contributed by atoms with Gasteiger partial charge >= 0.3 is 5.97 Å². The first-order valence-corrected chi connectivity index (χ1v) is 6.11. The van der Waals surface area contributed by atoms with E-state index in [2.05, 4.69) is 5.10 Å². The van der Waals surface area contributed by atoms with Gasteiger partial charge in [-0.3, -0.25) is 0 Å². The number of ether oxygens (including phenoxy) is 1. The van der Waals surface area contributed by atoms with Gasteiger partial charge in [-0.25, -0.2) is 9.48 Å². The van der Waals surface area contributed by atoms with Gasteiger partial charge in [0.05, 0.1) is 24.1 Å². The standard InChI is InChI=1S/C14H17N3O2/c1-4-19-14(18)11-9-15-17(10-11)13-7-5-12(6-8-13)16(2)3/h5-10H,4H2,1-3H3. The van der Waals surface area contributed by atoms with Crippen LogP contribution < -0.4 is 4.90 Å². The van der Waals surface area contributed by atoms with Gasteiger partial charge in [-0.15, -0.1) is 0 Å². The van der Waals surface area contributed by atoms with Gasteiger partial charge in [0.25, 0.3) is 0 Å². The van der Waals surface area contributed by atoms with Crippen molar-refractivity contribution in [1.29, 1.82) is 0 Å². The number of esters is 1. The molecule has 0 unspecified atom stereocenters. The summed E-state index contributed by atoms with van der Waals surface area (Å²) in [7, 11) is 3.98. The molecule has 5 nitrogen and oxygen atoms in total. The second-order valence-electron chi connectivity index (χ2n) is 4.30. The van der Waals surface area contributed by atoms with Crippen LogP contribution in [0.1, 0.15) is 17.3 Å². The third-order valence-electron chi connectivity index (χ3n) is 2.72. The molecule has 1 aromatic carbocycles. The lowest BCUT2D eigenvalue weighted by molar-refractivity contribution is 0.0526. The van der Waals surface area contributed by atoms with Gasteiger partial charge in [0, 0.05) is 26.0 Å². The Morgan fingerprint density at radius 3 is 2.58 bits per heavy atom. The molecule has 100 valence electrons. The van der Waals surface area contributed by atoms with Crippen LogP contribution in [0, 0.1) is 0 Å². The summed E-state index contributed by atoms with van der Waals surface area (Å²) in [5.74, 6) is -0.348. The van der Waals surface area contributed by atoms with Crippen LogP contribution in [-0.2, 0) is 4.74 Å². The molecule has 0 saturated carbocycles. The molecule has 0 fully saturated rings. The Morgan fingerprint density at radius 1 is 1.32 bits per heavy atom. The lowest BCUT2D eigenvalue weighted by Gasteiger charge is -2.12. The second-order valence-corrected chi connectivity index (χ2v) is 4.30. The molecule has 0 aliphatic rings. The summed E-state index contributed by atoms with van der Waals surface area (Å²) in [6.45, 7) is 2.14. The van der Waals surface area contributed by atoms with Crippen molar-refractivity contribution in [3.63, 3.8) is 0 Å². The fraction of sp³-hybridized carbons (Fsp3) is 0.286. The highest BCUT2D eigenvalue weighted by Crippen LogP contribution is 2.15. The first kappa shape index (κ1) is 13.1. The fourth-order valence-electron chi connectivity index (χ4n) is 1.69. The molecule has 5 heteroatoms. The summed E-state index contributed by atoms with van der Waals surface area (Å²) in [6.07, 6.45) is 3.18. The molecule has 2 rings (SSSR count). The molecule has 19 heavy (non-hydrogen) atoms. The van der Waals surface area contributed by atoms with Crippen LogP contribution in [0.5, 0.6) is 0 Å². The minimum atomic E-state index is -0.348. The third-order valence-corrected chi connectivity index (χ3v) is 2.72. The molecule has 0 radical (unpaired) electrons. The van der Waals surface area contributed by atoms with Crippen molar-refractivity contribution in [2.45, 2.75) is 6.92 Å². The molecular weight excluding hydrogens is 242 g/mol. The summed E-state index contributed by atoms with van der Waals surface area (Å²) in [5.41, 5.74) is 2.47. The SMILES string of the molecule is CCOC(=O)c1cnn(-c2ccc(N(C)C)cc2)c1. The van der Waals surface area contributed by atoms with Crippen molar-refractivity contribution in [3.8, 4) is 5.69 Å². The number of carbonyl (C=O) groups excluding carboxylic acids is 1. The first-order chi connectivity index (χ1) is 9.11. The van der Waals surface area contributed by atoms with E-state index in [1.165, 1.54) is 6.20 Å². The number of rotatable bonds is 4. The topological polar surface area (TPSA) is 47.4 Å². The Morgan fingerprint density at radius 2 is 2.00 bits per heavy atom. The number of anilines is 1. The van der Waals surface area contributed by atoms with Crippen LogP contribution in [0.25, 0.3) is 5.69 Å². The lowest BCUT2D eigenvalue weighted by atomic mass is 10.2. The second kappa shape index (κ2) is 5.56. The maximum atomic E-state index is 11.6. The van der Waals surface area contributed by atoms with E-state index in [9.17, 15) is 4.79 Å². The summed E-state index contributed by atoms with van der Waals surface area (Å²) in [5, 5.41) is 4.17. The Bertz CT molecular complexity index is 558. The van der Waals surface area contributed by atoms with E-state index in [1.807, 2.05) is 43.3 Å². The monoisotopic (exact) mass is 259 g/mol. The first-order valence-electron chi connectivity index (χ1n) is 6.11. The average Bonchev–Trinajstić information content (AvgIpc) is 2.89. The van der Waals surface area contributed by atoms with E-state index >= 15 is 0 Å². The predicted octanol–water partition coefficient (Wildman–Crippen LogP) is 2.12. The molecule has 0 saturated heterocycles. The molecule has 1 aromatic heterocycles. The van der Waals surface area contributed by atoms with Crippen molar-refractivity contribution in [2.75, 3.05) is 25.6 Å². The highest BCUT2D eigenvalue weighted by atomic mass is 16.5. The van der Waals surface area contributed by atoms with Crippen molar-refractivity contribution < 1.29 is 9.53 Å². The van der Waals surface area contributed by atoms with Gasteiger partial charge in [-0.1, -0.05) is 0 Å². The maximum Gasteiger partial charge on any atom is 0.341 e. The predicted molar refractivity (Wildman–Crippen MR) is 73.8 cm³/mol. The molecule has 0 atom stereocenters. The van der Waals surface area contributed by atoms with Crippen molar-refractivity contribution in [2.24, 2.45) is 0 Å². The van der Waals surface area contributed by atoms with Crippen molar-refractivity contribution >= 4 is 11.7 Å². The van der Waals surface area contributed by atoms with Crippen LogP contribution in [0.15, 0.2) is 36.7 Å². The Hall–Kier alpha value is -2.30. The molecule has 0 aliphatic heterocycles. The molecule has 0 bridgehead atoms. The largest absolute Gasteiger partial charge is 0.462 e. The molecule has 2 aromatic rings. The number of hydrogen-bond acceptors (Lipinski definition) is 4. The molecule has 0 spiro atoms. The minimum absolute atomic E-state index is 0.348. The van der Waals surface area contributed by atoms with Crippen LogP contribution in [0.3, 0.4) is 0 Å². The van der Waals surface area contributed by atoms with E-state index in [0.29, 0.717) is 12.2 Å². The number of nitrogens with zero attached hydrogens (tertiary/aromatic N) is 3. The highest BCUT2D eigenvalue weighted by Gasteiger charge is 2.10. The number of aromatic nitrogens is 2. The van der Waals surface area contributed by atoms with Gasteiger partial charge < -0.3 is 9.64 Å². The van der Waals surface area contributed by atoms with Crippen LogP contribution in [-0.4, -0.2) is 36.5 Å². The fourth-order valence-corrected chi connectivity index (χ4v) is 1.69. The molecule has 0 aliphatic carbocycles. The van der Waals surface area contributed by atoms with Gasteiger partial charge in [0.1, 0.15) is 0 Å². The molecule has 0 amide bonds. The smallest absolute Gasteiger partial charge is 0.341 e. The lowest BCUT2D eigenvalue weighted by Crippen LogP contribution is -2.08. The summed E-state index contributed by atoms with van der Waals surface area (Å²) in [6, 6.07) is 7.91. The Kier molecular flexibility index (Phi) is 3.85. The molecule has 1 heterocycles. The van der Waals surface area contributed by atoms with E-state index in [0.717, 1.165) is 11.4 Å². The summed E-state index contributed by atoms with van der Waals surface area (Å²) in [4.78, 5) is 13.6. The third kappa shape index (κ3) is 2.93. The minimum Gasteiger partial charge on any atom is -0.462 e. The number of benzene rings is 1. The van der Waals surface area contributed by atoms with Gasteiger partial charge in [0.2, 0.25) is 0 Å². The Balaban J connectivity index is 2.20. The van der Waals surface area contributed by atoms with E-state index in [-0.39, 0.29) is 5.97 Å². The van der Waals surface area contributed by atoms with Gasteiger partial charge in [-0.05, 0) is 31.2 Å². The highest BCUT2D eigenvalue weighted by molar-refractivity contribution is 5.88. The Labute approximate surface area is 112 Å². The van der Waals surface area contributed by atoms with Crippen LogP contribution >= 0.6 is 0 Å². The molecule has 0 N–H and O–H groups in total. The van der Waals surface area contributed by atoms with Crippen molar-refractivity contribution in [3.05, 3.63) is 42.2 Å². The van der Waals surface area contributed by atoms with Gasteiger partial charge in [0.15, 0.2) is 0 Å². The zero-order chi connectivity index (χ0) is 13.8. The molecular formula is C14H17N3O2. The van der Waals surface area contributed by atoms with E-state index in [1.54, 1.807) is 17.8 Å². The summed E-state index contributed by atoms with van der Waals surface area (Å²) < 4.78 is 6.59. The normalized spacial score (nSPS) is 10.3. The number of hydrogen-bond donors (Lipinski definition) is 0. The average molecular weight is 259 g/mol. The maximum absolute atomic E-state index is 11.6. The zero-order valence-corrected chi connectivity index (χ0v) is 11.3. The van der Waals surface area contributed by atoms with Crippen LogP contribution in [0.4, 0.5) is 5.69 Å². The number of carbonyl (C=O) groups is 1. The van der Waals surface area contributed by atoms with Gasteiger partial charge in [-0.2, -0.15) is 5.10 Å². The quantitative estimate of drug-likeness (QED) is 0.789. The van der Waals surface area contributed by atoms with E-state index < -0.39 is 0 Å². The van der Waals surface area contributed by atoms with E-state index in [4.69, 9.17) is 4.74 Å².